The lowest BCUT2D eigenvalue weighted by Gasteiger charge is -2.17. The predicted molar refractivity (Wildman–Crippen MR) is 102 cm³/mol. The first-order valence-corrected chi connectivity index (χ1v) is 8.92. The van der Waals surface area contributed by atoms with Crippen LogP contribution in [0.5, 0.6) is 5.75 Å². The average molecular weight is 372 g/mol. The second-order valence-corrected chi connectivity index (χ2v) is 6.70. The van der Waals surface area contributed by atoms with Crippen molar-refractivity contribution in [1.82, 2.24) is 15.5 Å². The van der Waals surface area contributed by atoms with E-state index in [0.717, 1.165) is 16.9 Å². The molecule has 2 aromatic carbocycles. The van der Waals surface area contributed by atoms with Crippen LogP contribution in [0.4, 0.5) is 0 Å². The molecule has 0 aliphatic carbocycles. The van der Waals surface area contributed by atoms with Crippen molar-refractivity contribution < 1.29 is 9.26 Å². The molecule has 5 nitrogen and oxygen atoms in total. The van der Waals surface area contributed by atoms with E-state index >= 15 is 0 Å². The van der Waals surface area contributed by atoms with E-state index in [1.165, 1.54) is 0 Å². The van der Waals surface area contributed by atoms with Gasteiger partial charge in [0.15, 0.2) is 5.82 Å². The van der Waals surface area contributed by atoms with Crippen LogP contribution in [-0.2, 0) is 6.42 Å². The number of nitrogens with zero attached hydrogens (tertiary/aromatic N) is 2. The number of likely N-dealkylation sites (N-methyl/N-ethyl adjacent to an activating group) is 1. The maximum absolute atomic E-state index is 6.25. The Bertz CT molecular complexity index is 851. The van der Waals surface area contributed by atoms with Gasteiger partial charge in [-0.05, 0) is 44.7 Å². The lowest BCUT2D eigenvalue weighted by atomic mass is 10.1. The predicted octanol–water partition coefficient (Wildman–Crippen LogP) is 4.35. The second kappa shape index (κ2) is 8.34. The number of nitrogens with one attached hydrogen (secondary N) is 1. The van der Waals surface area contributed by atoms with Gasteiger partial charge in [0, 0.05) is 23.0 Å². The molecule has 2 atom stereocenters. The van der Waals surface area contributed by atoms with Crippen LogP contribution in [-0.4, -0.2) is 23.2 Å². The van der Waals surface area contributed by atoms with Gasteiger partial charge < -0.3 is 14.6 Å². The molecule has 0 fully saturated rings. The van der Waals surface area contributed by atoms with Crippen LogP contribution in [0.2, 0.25) is 5.02 Å². The van der Waals surface area contributed by atoms with Gasteiger partial charge in [-0.1, -0.05) is 47.1 Å². The van der Waals surface area contributed by atoms with Gasteiger partial charge in [0.25, 0.3) is 5.89 Å². The molecule has 136 valence electrons. The molecule has 0 saturated heterocycles. The quantitative estimate of drug-likeness (QED) is 0.669. The van der Waals surface area contributed by atoms with Crippen LogP contribution in [0.1, 0.15) is 35.9 Å². The Balaban J connectivity index is 1.91. The molecule has 26 heavy (non-hydrogen) atoms. The van der Waals surface area contributed by atoms with E-state index < -0.39 is 6.10 Å². The van der Waals surface area contributed by atoms with E-state index in [4.69, 9.17) is 20.9 Å². The SMILES string of the molecule is CNC(C)Cc1noc(C(Oc2ccc(Cl)cc2C)c2ccccc2)n1. The highest BCUT2D eigenvalue weighted by molar-refractivity contribution is 6.30. The average Bonchev–Trinajstić information content (AvgIpc) is 3.09. The van der Waals surface area contributed by atoms with Gasteiger partial charge in [0.05, 0.1) is 0 Å². The number of aromatic nitrogens is 2. The fourth-order valence-corrected chi connectivity index (χ4v) is 2.82. The van der Waals surface area contributed by atoms with Gasteiger partial charge in [-0.15, -0.1) is 0 Å². The molecule has 2 unspecified atom stereocenters. The molecular weight excluding hydrogens is 350 g/mol. The van der Waals surface area contributed by atoms with Crippen molar-refractivity contribution in [2.24, 2.45) is 0 Å². The first kappa shape index (κ1) is 18.4. The van der Waals surface area contributed by atoms with E-state index in [-0.39, 0.29) is 6.04 Å². The minimum absolute atomic E-state index is 0.259. The molecule has 3 aromatic rings. The highest BCUT2D eigenvalue weighted by atomic mass is 35.5. The van der Waals surface area contributed by atoms with Gasteiger partial charge >= 0.3 is 0 Å². The van der Waals surface area contributed by atoms with Crippen molar-refractivity contribution in [2.45, 2.75) is 32.4 Å². The zero-order chi connectivity index (χ0) is 18.5. The fourth-order valence-electron chi connectivity index (χ4n) is 2.59. The van der Waals surface area contributed by atoms with Crippen LogP contribution in [0, 0.1) is 6.92 Å². The van der Waals surface area contributed by atoms with Gasteiger partial charge in [-0.25, -0.2) is 0 Å². The van der Waals surface area contributed by atoms with Crippen molar-refractivity contribution in [3.05, 3.63) is 76.4 Å². The van der Waals surface area contributed by atoms with E-state index in [9.17, 15) is 0 Å². The summed E-state index contributed by atoms with van der Waals surface area (Å²) in [6.07, 6.45) is 0.198. The standard InChI is InChI=1S/C20H22ClN3O2/c1-13-11-16(21)9-10-17(13)25-19(15-7-5-4-6-8-15)20-23-18(24-26-20)12-14(2)22-3/h4-11,14,19,22H,12H2,1-3H3. The number of ether oxygens (including phenoxy) is 1. The number of rotatable bonds is 7. The van der Waals surface area contributed by atoms with Crippen molar-refractivity contribution in [3.8, 4) is 5.75 Å². The minimum atomic E-state index is -0.484. The summed E-state index contributed by atoms with van der Waals surface area (Å²) in [6.45, 7) is 4.02. The summed E-state index contributed by atoms with van der Waals surface area (Å²) < 4.78 is 11.8. The Morgan fingerprint density at radius 1 is 1.19 bits per heavy atom. The molecule has 0 amide bonds. The van der Waals surface area contributed by atoms with Gasteiger partial charge in [-0.3, -0.25) is 0 Å². The highest BCUT2D eigenvalue weighted by Crippen LogP contribution is 2.30. The van der Waals surface area contributed by atoms with Crippen LogP contribution >= 0.6 is 11.6 Å². The topological polar surface area (TPSA) is 60.2 Å². The highest BCUT2D eigenvalue weighted by Gasteiger charge is 2.24. The molecule has 0 aliphatic heterocycles. The van der Waals surface area contributed by atoms with Crippen molar-refractivity contribution in [3.63, 3.8) is 0 Å². The van der Waals surface area contributed by atoms with E-state index in [1.807, 2.05) is 56.4 Å². The fraction of sp³-hybridized carbons (Fsp3) is 0.300. The van der Waals surface area contributed by atoms with Crippen molar-refractivity contribution >= 4 is 11.6 Å². The number of halogens is 1. The van der Waals surface area contributed by atoms with E-state index in [1.54, 1.807) is 6.07 Å². The molecule has 6 heteroatoms. The Morgan fingerprint density at radius 3 is 2.65 bits per heavy atom. The number of hydrogen-bond donors (Lipinski definition) is 1. The molecule has 0 aliphatic rings. The molecule has 0 spiro atoms. The summed E-state index contributed by atoms with van der Waals surface area (Å²) in [4.78, 5) is 4.55. The van der Waals surface area contributed by atoms with Crippen LogP contribution < -0.4 is 10.1 Å². The third kappa shape index (κ3) is 4.42. The number of aryl methyl sites for hydroxylation is 1. The van der Waals surface area contributed by atoms with E-state index in [0.29, 0.717) is 23.2 Å². The van der Waals surface area contributed by atoms with Crippen molar-refractivity contribution in [2.75, 3.05) is 7.05 Å². The van der Waals surface area contributed by atoms with Gasteiger partial charge in [0.2, 0.25) is 6.10 Å². The van der Waals surface area contributed by atoms with Crippen molar-refractivity contribution in [1.29, 1.82) is 0 Å². The lowest BCUT2D eigenvalue weighted by molar-refractivity contribution is 0.192. The Morgan fingerprint density at radius 2 is 1.96 bits per heavy atom. The zero-order valence-electron chi connectivity index (χ0n) is 15.1. The summed E-state index contributed by atoms with van der Waals surface area (Å²) in [7, 11) is 1.91. The zero-order valence-corrected chi connectivity index (χ0v) is 15.8. The number of hydrogen-bond acceptors (Lipinski definition) is 5. The normalized spacial score (nSPS) is 13.4. The summed E-state index contributed by atoms with van der Waals surface area (Å²) in [5, 5.41) is 7.95. The third-order valence-electron chi connectivity index (χ3n) is 4.17. The molecule has 0 radical (unpaired) electrons. The molecule has 1 N–H and O–H groups in total. The molecule has 1 aromatic heterocycles. The maximum Gasteiger partial charge on any atom is 0.272 e. The molecule has 0 bridgehead atoms. The van der Waals surface area contributed by atoms with E-state index in [2.05, 4.69) is 22.4 Å². The van der Waals surface area contributed by atoms with Gasteiger partial charge in [0.1, 0.15) is 5.75 Å². The summed E-state index contributed by atoms with van der Waals surface area (Å²) in [6, 6.07) is 15.6. The first-order valence-electron chi connectivity index (χ1n) is 8.54. The third-order valence-corrected chi connectivity index (χ3v) is 4.41. The minimum Gasteiger partial charge on any atom is -0.476 e. The Kier molecular flexibility index (Phi) is 5.91. The molecular formula is C20H22ClN3O2. The smallest absolute Gasteiger partial charge is 0.272 e. The molecule has 3 rings (SSSR count). The summed E-state index contributed by atoms with van der Waals surface area (Å²) in [5.41, 5.74) is 1.89. The monoisotopic (exact) mass is 371 g/mol. The van der Waals surface area contributed by atoms with Crippen LogP contribution in [0.3, 0.4) is 0 Å². The second-order valence-electron chi connectivity index (χ2n) is 6.26. The number of benzene rings is 2. The largest absolute Gasteiger partial charge is 0.476 e. The van der Waals surface area contributed by atoms with Crippen LogP contribution in [0.15, 0.2) is 53.1 Å². The summed E-state index contributed by atoms with van der Waals surface area (Å²) in [5.74, 6) is 1.81. The lowest BCUT2D eigenvalue weighted by Crippen LogP contribution is -2.24. The Hall–Kier alpha value is -2.37. The van der Waals surface area contributed by atoms with Crippen LogP contribution in [0.25, 0.3) is 0 Å². The summed E-state index contributed by atoms with van der Waals surface area (Å²) >= 11 is 6.05. The first-order chi connectivity index (χ1) is 12.6. The molecule has 1 heterocycles. The molecule has 0 saturated carbocycles. The Labute approximate surface area is 158 Å². The van der Waals surface area contributed by atoms with Gasteiger partial charge in [-0.2, -0.15) is 4.98 Å². The maximum atomic E-state index is 6.25.